The van der Waals surface area contributed by atoms with E-state index in [0.29, 0.717) is 18.4 Å². The van der Waals surface area contributed by atoms with Gasteiger partial charge in [-0.05, 0) is 25.2 Å². The highest BCUT2D eigenvalue weighted by molar-refractivity contribution is 5.83. The molecule has 1 aliphatic heterocycles. The Morgan fingerprint density at radius 3 is 2.28 bits per heavy atom. The Balaban J connectivity index is 2.75. The number of hydrogen-bond donors (Lipinski definition) is 1. The predicted octanol–water partition coefficient (Wildman–Crippen LogP) is 2.79. The molecule has 0 bridgehead atoms. The lowest BCUT2D eigenvalue weighted by Gasteiger charge is -2.35. The fraction of sp³-hybridized carbons (Fsp3) is 0.933. The summed E-state index contributed by atoms with van der Waals surface area (Å²) in [6.07, 6.45) is 6.29. The maximum absolute atomic E-state index is 12.8. The van der Waals surface area contributed by atoms with Crippen LogP contribution in [0.25, 0.3) is 0 Å². The van der Waals surface area contributed by atoms with E-state index >= 15 is 0 Å². The first-order chi connectivity index (χ1) is 8.63. The Bertz CT molecular complexity index is 259. The van der Waals surface area contributed by atoms with Gasteiger partial charge in [-0.25, -0.2) is 0 Å². The fourth-order valence-electron chi connectivity index (χ4n) is 3.27. The molecule has 0 aromatic rings. The van der Waals surface area contributed by atoms with Gasteiger partial charge in [0.1, 0.15) is 0 Å². The number of nitrogens with zero attached hydrogens (tertiary/aromatic N) is 1. The van der Waals surface area contributed by atoms with Crippen LogP contribution < -0.4 is 5.73 Å². The van der Waals surface area contributed by atoms with Crippen LogP contribution in [0.4, 0.5) is 0 Å². The minimum absolute atomic E-state index is 0.286. The second kappa shape index (κ2) is 7.13. The van der Waals surface area contributed by atoms with E-state index in [1.165, 1.54) is 12.8 Å². The fourth-order valence-corrected chi connectivity index (χ4v) is 3.27. The first kappa shape index (κ1) is 15.5. The van der Waals surface area contributed by atoms with Crippen LogP contribution in [0.1, 0.15) is 59.3 Å². The van der Waals surface area contributed by atoms with Crippen molar-refractivity contribution in [1.82, 2.24) is 4.90 Å². The van der Waals surface area contributed by atoms with Crippen molar-refractivity contribution in [2.24, 2.45) is 17.1 Å². The van der Waals surface area contributed by atoms with Gasteiger partial charge in [0.15, 0.2) is 0 Å². The predicted molar refractivity (Wildman–Crippen MR) is 76.3 cm³/mol. The number of rotatable bonds is 7. The van der Waals surface area contributed by atoms with Gasteiger partial charge in [-0.2, -0.15) is 0 Å². The maximum Gasteiger partial charge on any atom is 0.230 e. The van der Waals surface area contributed by atoms with Crippen molar-refractivity contribution in [3.63, 3.8) is 0 Å². The van der Waals surface area contributed by atoms with Gasteiger partial charge in [-0.3, -0.25) is 4.79 Å². The standard InChI is InChI=1S/C15H30N2O/c1-4-8-15(12-16,9-5-2)14(18)17-10-7-13(6-3)11-17/h13H,4-12,16H2,1-3H3. The summed E-state index contributed by atoms with van der Waals surface area (Å²) < 4.78 is 0. The molecule has 18 heavy (non-hydrogen) atoms. The molecule has 1 amide bonds. The second-order valence-electron chi connectivity index (χ2n) is 5.80. The number of carbonyl (C=O) groups is 1. The summed E-state index contributed by atoms with van der Waals surface area (Å²) in [5.74, 6) is 1.03. The average Bonchev–Trinajstić information content (AvgIpc) is 2.86. The third kappa shape index (κ3) is 3.25. The minimum atomic E-state index is -0.286. The third-order valence-corrected chi connectivity index (χ3v) is 4.45. The largest absolute Gasteiger partial charge is 0.342 e. The summed E-state index contributed by atoms with van der Waals surface area (Å²) in [6, 6.07) is 0. The van der Waals surface area contributed by atoms with Crippen LogP contribution in [-0.2, 0) is 4.79 Å². The number of likely N-dealkylation sites (tertiary alicyclic amines) is 1. The number of carbonyl (C=O) groups excluding carboxylic acids is 1. The maximum atomic E-state index is 12.8. The molecule has 0 saturated carbocycles. The Kier molecular flexibility index (Phi) is 6.13. The third-order valence-electron chi connectivity index (χ3n) is 4.45. The van der Waals surface area contributed by atoms with Gasteiger partial charge in [0.05, 0.1) is 5.41 Å². The molecule has 0 aliphatic carbocycles. The van der Waals surface area contributed by atoms with Crippen molar-refractivity contribution in [3.05, 3.63) is 0 Å². The lowest BCUT2D eigenvalue weighted by Crippen LogP contribution is -2.47. The molecule has 2 N–H and O–H groups in total. The van der Waals surface area contributed by atoms with Gasteiger partial charge in [0, 0.05) is 19.6 Å². The van der Waals surface area contributed by atoms with Crippen LogP contribution in [0.15, 0.2) is 0 Å². The van der Waals surface area contributed by atoms with Crippen LogP contribution in [0.2, 0.25) is 0 Å². The average molecular weight is 254 g/mol. The summed E-state index contributed by atoms with van der Waals surface area (Å²) >= 11 is 0. The SMILES string of the molecule is CCCC(CN)(CCC)C(=O)N1CCC(CC)C1. The zero-order valence-electron chi connectivity index (χ0n) is 12.4. The molecule has 0 spiro atoms. The van der Waals surface area contributed by atoms with Crippen molar-refractivity contribution >= 4 is 5.91 Å². The molecule has 3 nitrogen and oxygen atoms in total. The van der Waals surface area contributed by atoms with Crippen molar-refractivity contribution in [1.29, 1.82) is 0 Å². The Labute approximate surface area is 112 Å². The summed E-state index contributed by atoms with van der Waals surface area (Å²) in [7, 11) is 0. The zero-order chi connectivity index (χ0) is 13.6. The Morgan fingerprint density at radius 1 is 1.28 bits per heavy atom. The zero-order valence-corrected chi connectivity index (χ0v) is 12.4. The van der Waals surface area contributed by atoms with Crippen LogP contribution in [0.3, 0.4) is 0 Å². The van der Waals surface area contributed by atoms with E-state index < -0.39 is 0 Å². The molecule has 1 atom stereocenters. The van der Waals surface area contributed by atoms with Crippen LogP contribution >= 0.6 is 0 Å². The number of nitrogens with two attached hydrogens (primary N) is 1. The van der Waals surface area contributed by atoms with Gasteiger partial charge in [-0.15, -0.1) is 0 Å². The summed E-state index contributed by atoms with van der Waals surface area (Å²) in [6.45, 7) is 8.89. The van der Waals surface area contributed by atoms with Gasteiger partial charge in [0.25, 0.3) is 0 Å². The monoisotopic (exact) mass is 254 g/mol. The Morgan fingerprint density at radius 2 is 1.89 bits per heavy atom. The van der Waals surface area contributed by atoms with Gasteiger partial charge in [0.2, 0.25) is 5.91 Å². The molecule has 3 heteroatoms. The van der Waals surface area contributed by atoms with Crippen molar-refractivity contribution in [2.45, 2.75) is 59.3 Å². The first-order valence-corrected chi connectivity index (χ1v) is 7.63. The summed E-state index contributed by atoms with van der Waals surface area (Å²) in [5.41, 5.74) is 5.68. The quantitative estimate of drug-likeness (QED) is 0.759. The van der Waals surface area contributed by atoms with E-state index in [4.69, 9.17) is 5.73 Å². The van der Waals surface area contributed by atoms with Crippen LogP contribution in [0, 0.1) is 11.3 Å². The molecule has 1 aliphatic rings. The number of amides is 1. The highest BCUT2D eigenvalue weighted by Gasteiger charge is 2.40. The first-order valence-electron chi connectivity index (χ1n) is 7.63. The van der Waals surface area contributed by atoms with Gasteiger partial charge < -0.3 is 10.6 Å². The molecular formula is C15H30N2O. The summed E-state index contributed by atoms with van der Waals surface area (Å²) in [4.78, 5) is 14.9. The highest BCUT2D eigenvalue weighted by atomic mass is 16.2. The molecule has 0 radical (unpaired) electrons. The molecule has 1 heterocycles. The lowest BCUT2D eigenvalue weighted by atomic mass is 9.78. The topological polar surface area (TPSA) is 46.3 Å². The van der Waals surface area contributed by atoms with Gasteiger partial charge in [-0.1, -0.05) is 40.0 Å². The second-order valence-corrected chi connectivity index (χ2v) is 5.80. The highest BCUT2D eigenvalue weighted by Crippen LogP contribution is 2.33. The lowest BCUT2D eigenvalue weighted by molar-refractivity contribution is -0.141. The molecule has 1 fully saturated rings. The van der Waals surface area contributed by atoms with E-state index in [0.717, 1.165) is 38.8 Å². The molecule has 0 aromatic carbocycles. The summed E-state index contributed by atoms with van der Waals surface area (Å²) in [5, 5.41) is 0. The van der Waals surface area contributed by atoms with Gasteiger partial charge >= 0.3 is 0 Å². The molecule has 1 unspecified atom stereocenters. The van der Waals surface area contributed by atoms with Crippen molar-refractivity contribution in [2.75, 3.05) is 19.6 Å². The van der Waals surface area contributed by atoms with Crippen LogP contribution in [-0.4, -0.2) is 30.4 Å². The minimum Gasteiger partial charge on any atom is -0.342 e. The molecule has 0 aromatic heterocycles. The van der Waals surface area contributed by atoms with E-state index in [9.17, 15) is 4.79 Å². The molecule has 1 rings (SSSR count). The van der Waals surface area contributed by atoms with E-state index in [-0.39, 0.29) is 5.41 Å². The number of hydrogen-bond acceptors (Lipinski definition) is 2. The van der Waals surface area contributed by atoms with Crippen LogP contribution in [0.5, 0.6) is 0 Å². The van der Waals surface area contributed by atoms with E-state index in [1.54, 1.807) is 0 Å². The molecular weight excluding hydrogens is 224 g/mol. The van der Waals surface area contributed by atoms with E-state index in [2.05, 4.69) is 25.7 Å². The van der Waals surface area contributed by atoms with Crippen molar-refractivity contribution in [3.8, 4) is 0 Å². The van der Waals surface area contributed by atoms with Crippen molar-refractivity contribution < 1.29 is 4.79 Å². The molecule has 1 saturated heterocycles. The molecule has 106 valence electrons. The Hall–Kier alpha value is -0.570. The normalized spacial score (nSPS) is 20.4. The smallest absolute Gasteiger partial charge is 0.230 e. The van der Waals surface area contributed by atoms with E-state index in [1.807, 2.05) is 0 Å².